The van der Waals surface area contributed by atoms with Crippen LogP contribution in [-0.2, 0) is 9.53 Å². The number of hydrogen-bond donors (Lipinski definition) is 2. The number of esters is 1. The number of hydrogen-bond acceptors (Lipinski definition) is 6. The zero-order chi connectivity index (χ0) is 22.0. The molecule has 0 saturated carbocycles. The average Bonchev–Trinajstić information content (AvgIpc) is 2.80. The number of benzene rings is 2. The van der Waals surface area contributed by atoms with E-state index in [-0.39, 0.29) is 19.8 Å². The van der Waals surface area contributed by atoms with E-state index in [1.165, 1.54) is 0 Å². The fraction of sp³-hybridized carbons (Fsp3) is 0.333. The summed E-state index contributed by atoms with van der Waals surface area (Å²) in [6, 6.07) is 16.3. The van der Waals surface area contributed by atoms with Crippen molar-refractivity contribution in [3.8, 4) is 5.75 Å². The van der Waals surface area contributed by atoms with Crippen LogP contribution in [0.2, 0.25) is 0 Å². The first-order valence-corrected chi connectivity index (χ1v) is 9.95. The molecule has 160 valence electrons. The summed E-state index contributed by atoms with van der Waals surface area (Å²) < 4.78 is 10.8. The highest BCUT2D eigenvalue weighted by atomic mass is 16.6. The van der Waals surface area contributed by atoms with Crippen LogP contribution in [0.25, 0.3) is 5.57 Å². The predicted molar refractivity (Wildman–Crippen MR) is 117 cm³/mol. The quantitative estimate of drug-likeness (QED) is 0.249. The van der Waals surface area contributed by atoms with Crippen molar-refractivity contribution < 1.29 is 24.6 Å². The third-order valence-electron chi connectivity index (χ3n) is 5.37. The van der Waals surface area contributed by atoms with Crippen molar-refractivity contribution in [2.45, 2.75) is 26.7 Å². The van der Waals surface area contributed by atoms with Gasteiger partial charge in [-0.2, -0.15) is 0 Å². The highest BCUT2D eigenvalue weighted by Gasteiger charge is 2.27. The lowest BCUT2D eigenvalue weighted by atomic mass is 9.84. The summed E-state index contributed by atoms with van der Waals surface area (Å²) in [6.45, 7) is 7.84. The van der Waals surface area contributed by atoms with Gasteiger partial charge < -0.3 is 19.8 Å². The maximum Gasteiger partial charge on any atom is 0.344 e. The number of aliphatic hydroxyl groups excluding tert-OH is 1. The van der Waals surface area contributed by atoms with E-state index in [2.05, 4.69) is 11.7 Å². The van der Waals surface area contributed by atoms with Gasteiger partial charge in [0.2, 0.25) is 0 Å². The smallest absolute Gasteiger partial charge is 0.344 e. The largest absolute Gasteiger partial charge is 0.482 e. The van der Waals surface area contributed by atoms with Gasteiger partial charge in [0, 0.05) is 16.6 Å². The Morgan fingerprint density at radius 3 is 2.20 bits per heavy atom. The summed E-state index contributed by atoms with van der Waals surface area (Å²) in [5, 5.41) is 22.4. The molecule has 0 radical (unpaired) electrons. The summed E-state index contributed by atoms with van der Waals surface area (Å²) in [6.07, 6.45) is 1.44. The zero-order valence-electron chi connectivity index (χ0n) is 17.5. The molecule has 0 aliphatic rings. The van der Waals surface area contributed by atoms with E-state index in [1.54, 1.807) is 24.3 Å². The lowest BCUT2D eigenvalue weighted by Crippen LogP contribution is -2.32. The van der Waals surface area contributed by atoms with Gasteiger partial charge in [-0.15, -0.1) is 0 Å². The second kappa shape index (κ2) is 11.2. The second-order valence-corrected chi connectivity index (χ2v) is 7.13. The third kappa shape index (κ3) is 5.94. The molecule has 0 amide bonds. The van der Waals surface area contributed by atoms with Crippen LogP contribution >= 0.6 is 0 Å². The number of aliphatic hydroxyl groups is 1. The van der Waals surface area contributed by atoms with Crippen LogP contribution in [0.5, 0.6) is 5.75 Å². The Morgan fingerprint density at radius 2 is 1.67 bits per heavy atom. The van der Waals surface area contributed by atoms with Crippen LogP contribution < -0.4 is 4.74 Å². The Labute approximate surface area is 177 Å². The lowest BCUT2D eigenvalue weighted by molar-refractivity contribution is -0.151. The minimum Gasteiger partial charge on any atom is -0.482 e. The van der Waals surface area contributed by atoms with Gasteiger partial charge in [-0.05, 0) is 42.7 Å². The van der Waals surface area contributed by atoms with Crippen molar-refractivity contribution in [2.24, 2.45) is 10.6 Å². The van der Waals surface area contributed by atoms with Crippen LogP contribution in [0.15, 0.2) is 66.3 Å². The first kappa shape index (κ1) is 23.2. The maximum absolute atomic E-state index is 12.0. The van der Waals surface area contributed by atoms with Crippen LogP contribution in [0.4, 0.5) is 0 Å². The van der Waals surface area contributed by atoms with E-state index in [1.807, 2.05) is 44.2 Å². The van der Waals surface area contributed by atoms with Crippen molar-refractivity contribution >= 4 is 17.3 Å². The molecule has 2 aromatic carbocycles. The first-order valence-electron chi connectivity index (χ1n) is 9.95. The van der Waals surface area contributed by atoms with Gasteiger partial charge >= 0.3 is 5.97 Å². The highest BCUT2D eigenvalue weighted by molar-refractivity contribution is 6.31. The topological polar surface area (TPSA) is 88.4 Å². The number of carbonyl (C=O) groups excluding carboxylic acids is 1. The van der Waals surface area contributed by atoms with Gasteiger partial charge in [-0.3, -0.25) is 0 Å². The number of ether oxygens (including phenoxy) is 2. The summed E-state index contributed by atoms with van der Waals surface area (Å²) in [5.41, 5.74) is 2.06. The Balaban J connectivity index is 1.94. The molecular weight excluding hydrogens is 382 g/mol. The van der Waals surface area contributed by atoms with E-state index in [4.69, 9.17) is 9.47 Å². The molecule has 2 rings (SSSR count). The van der Waals surface area contributed by atoms with Gasteiger partial charge in [0.15, 0.2) is 6.61 Å². The van der Waals surface area contributed by atoms with E-state index >= 15 is 0 Å². The van der Waals surface area contributed by atoms with E-state index in [9.17, 15) is 15.1 Å². The van der Waals surface area contributed by atoms with Gasteiger partial charge in [0.25, 0.3) is 0 Å². The molecule has 0 saturated heterocycles. The Kier molecular flexibility index (Phi) is 8.62. The van der Waals surface area contributed by atoms with E-state index in [0.29, 0.717) is 22.6 Å². The van der Waals surface area contributed by atoms with Gasteiger partial charge in [0.05, 0.1) is 13.2 Å². The molecule has 0 spiro atoms. The fourth-order valence-electron chi connectivity index (χ4n) is 2.92. The van der Waals surface area contributed by atoms with Crippen LogP contribution in [0.1, 0.15) is 37.8 Å². The number of rotatable bonds is 11. The highest BCUT2D eigenvalue weighted by Crippen LogP contribution is 2.26. The molecule has 0 atom stereocenters. The number of nitrogens with zero attached hydrogens (tertiary/aromatic N) is 1. The molecule has 6 nitrogen and oxygen atoms in total. The molecule has 0 unspecified atom stereocenters. The van der Waals surface area contributed by atoms with Gasteiger partial charge in [-0.25, -0.2) is 4.79 Å². The van der Waals surface area contributed by atoms with Crippen LogP contribution in [-0.4, -0.2) is 41.8 Å². The minimum absolute atomic E-state index is 0.0292. The molecule has 0 fully saturated rings. The Hall–Kier alpha value is -3.12. The molecule has 0 heterocycles. The van der Waals surface area contributed by atoms with Crippen molar-refractivity contribution in [3.05, 3.63) is 72.3 Å². The monoisotopic (exact) mass is 411 g/mol. The summed E-state index contributed by atoms with van der Waals surface area (Å²) in [7, 11) is 0. The Morgan fingerprint density at radius 1 is 1.03 bits per heavy atom. The third-order valence-corrected chi connectivity index (χ3v) is 5.37. The number of oxime groups is 1. The molecule has 0 aliphatic carbocycles. The van der Waals surface area contributed by atoms with Crippen molar-refractivity contribution in [3.63, 3.8) is 0 Å². The predicted octanol–water partition coefficient (Wildman–Crippen LogP) is 4.30. The number of allylic oxidation sites excluding steroid dienone is 1. The molecule has 6 heteroatoms. The first-order chi connectivity index (χ1) is 14.5. The van der Waals surface area contributed by atoms with Crippen molar-refractivity contribution in [1.82, 2.24) is 0 Å². The van der Waals surface area contributed by atoms with E-state index < -0.39 is 11.4 Å². The maximum atomic E-state index is 12.0. The summed E-state index contributed by atoms with van der Waals surface area (Å²) in [4.78, 5) is 12.0. The summed E-state index contributed by atoms with van der Waals surface area (Å²) >= 11 is 0. The van der Waals surface area contributed by atoms with Crippen LogP contribution in [0.3, 0.4) is 0 Å². The fourth-order valence-corrected chi connectivity index (χ4v) is 2.92. The lowest BCUT2D eigenvalue weighted by Gasteiger charge is -2.28. The standard InChI is InChI=1S/C24H29NO5/c1-4-24(5-2,16-26)17-30-22(27)15-29-21-13-11-20(12-14-21)23(25-28)18(3)19-9-7-6-8-10-19/h6-14,26,28H,3-5,15-17H2,1-2H3/b25-23-. The number of carbonyl (C=O) groups is 1. The second-order valence-electron chi connectivity index (χ2n) is 7.13. The average molecular weight is 411 g/mol. The van der Waals surface area contributed by atoms with Crippen molar-refractivity contribution in [2.75, 3.05) is 19.8 Å². The summed E-state index contributed by atoms with van der Waals surface area (Å²) in [5.74, 6) is -0.00779. The zero-order valence-corrected chi connectivity index (χ0v) is 17.5. The molecule has 2 aromatic rings. The van der Waals surface area contributed by atoms with Gasteiger partial charge in [-0.1, -0.05) is 55.9 Å². The SMILES string of the molecule is C=C(/C(=N/O)c1ccc(OCC(=O)OCC(CC)(CC)CO)cc1)c1ccccc1. The van der Waals surface area contributed by atoms with E-state index in [0.717, 1.165) is 18.4 Å². The van der Waals surface area contributed by atoms with Crippen molar-refractivity contribution in [1.29, 1.82) is 0 Å². The molecule has 0 aliphatic heterocycles. The molecule has 0 aromatic heterocycles. The van der Waals surface area contributed by atoms with Gasteiger partial charge in [0.1, 0.15) is 11.5 Å². The molecule has 2 N–H and O–H groups in total. The van der Waals surface area contributed by atoms with Crippen LogP contribution in [0, 0.1) is 5.41 Å². The normalized spacial score (nSPS) is 11.8. The Bertz CT molecular complexity index is 847. The molecule has 0 bridgehead atoms. The molecule has 30 heavy (non-hydrogen) atoms. The minimum atomic E-state index is -0.492. The molecular formula is C24H29NO5.